The van der Waals surface area contributed by atoms with Crippen LogP contribution in [0.4, 0.5) is 4.39 Å². The Morgan fingerprint density at radius 3 is 2.60 bits per heavy atom. The fourth-order valence-corrected chi connectivity index (χ4v) is 2.43. The smallest absolute Gasteiger partial charge is 0.145 e. The number of hydrogen-bond donors (Lipinski definition) is 1. The Morgan fingerprint density at radius 1 is 1.10 bits per heavy atom. The summed E-state index contributed by atoms with van der Waals surface area (Å²) in [5.41, 5.74) is 2.23. The summed E-state index contributed by atoms with van der Waals surface area (Å²) < 4.78 is 14.3. The molecule has 3 rings (SSSR count). The number of benzene rings is 1. The van der Waals surface area contributed by atoms with Crippen LogP contribution in [-0.2, 0) is 0 Å². The van der Waals surface area contributed by atoms with E-state index >= 15 is 0 Å². The number of hydrogen-bond acceptors (Lipinski definition) is 2. The lowest BCUT2D eigenvalue weighted by molar-refractivity contribution is 0.606. The first-order valence-electron chi connectivity index (χ1n) is 6.09. The predicted molar refractivity (Wildman–Crippen MR) is 75.2 cm³/mol. The lowest BCUT2D eigenvalue weighted by Crippen LogP contribution is -2.06. The van der Waals surface area contributed by atoms with E-state index in [1.54, 1.807) is 37.1 Å². The van der Waals surface area contributed by atoms with Gasteiger partial charge in [-0.05, 0) is 23.8 Å². The monoisotopic (exact) mass is 287 g/mol. The quantitative estimate of drug-likeness (QED) is 0.796. The highest BCUT2D eigenvalue weighted by molar-refractivity contribution is 6.30. The van der Waals surface area contributed by atoms with Crippen molar-refractivity contribution in [3.8, 4) is 0 Å². The van der Waals surface area contributed by atoms with Gasteiger partial charge in [0.25, 0.3) is 0 Å². The molecule has 0 saturated carbocycles. The van der Waals surface area contributed by atoms with Gasteiger partial charge in [-0.3, -0.25) is 4.98 Å². The fraction of sp³-hybridized carbons (Fsp3) is 0.0667. The standard InChI is InChI=1S/C15H11ClFN3/c16-12-3-1-2-11(15(12)17)14(13-8-19-9-20-13)10-4-6-18-7-5-10/h1-9,14H,(H,19,20). The van der Waals surface area contributed by atoms with Gasteiger partial charge in [0.15, 0.2) is 0 Å². The van der Waals surface area contributed by atoms with Crippen molar-refractivity contribution in [2.75, 3.05) is 0 Å². The Balaban J connectivity index is 2.19. The van der Waals surface area contributed by atoms with Crippen LogP contribution in [0.5, 0.6) is 0 Å². The number of nitrogens with zero attached hydrogens (tertiary/aromatic N) is 2. The Morgan fingerprint density at radius 2 is 1.90 bits per heavy atom. The van der Waals surface area contributed by atoms with Gasteiger partial charge in [0.1, 0.15) is 5.82 Å². The molecule has 0 saturated heterocycles. The molecular weight excluding hydrogens is 277 g/mol. The summed E-state index contributed by atoms with van der Waals surface area (Å²) in [6.07, 6.45) is 6.62. The molecule has 0 spiro atoms. The zero-order valence-electron chi connectivity index (χ0n) is 10.4. The molecule has 0 aliphatic carbocycles. The molecule has 0 bridgehead atoms. The summed E-state index contributed by atoms with van der Waals surface area (Å²) in [6, 6.07) is 8.72. The van der Waals surface area contributed by atoms with E-state index in [2.05, 4.69) is 15.0 Å². The highest BCUT2D eigenvalue weighted by Gasteiger charge is 2.22. The van der Waals surface area contributed by atoms with Crippen molar-refractivity contribution < 1.29 is 4.39 Å². The highest BCUT2D eigenvalue weighted by Crippen LogP contribution is 2.33. The van der Waals surface area contributed by atoms with Gasteiger partial charge in [-0.1, -0.05) is 23.7 Å². The molecule has 0 aliphatic rings. The largest absolute Gasteiger partial charge is 0.348 e. The van der Waals surface area contributed by atoms with Crippen LogP contribution >= 0.6 is 11.6 Å². The Labute approximate surface area is 120 Å². The zero-order chi connectivity index (χ0) is 13.9. The third kappa shape index (κ3) is 2.30. The minimum Gasteiger partial charge on any atom is -0.348 e. The molecule has 3 nitrogen and oxygen atoms in total. The van der Waals surface area contributed by atoms with Crippen LogP contribution in [0.3, 0.4) is 0 Å². The highest BCUT2D eigenvalue weighted by atomic mass is 35.5. The molecule has 1 aromatic carbocycles. The van der Waals surface area contributed by atoms with Crippen molar-refractivity contribution in [3.63, 3.8) is 0 Å². The number of aromatic amines is 1. The van der Waals surface area contributed by atoms with Gasteiger partial charge in [-0.2, -0.15) is 0 Å². The van der Waals surface area contributed by atoms with Crippen LogP contribution in [-0.4, -0.2) is 15.0 Å². The second-order valence-corrected chi connectivity index (χ2v) is 4.77. The molecule has 2 aromatic heterocycles. The normalized spacial score (nSPS) is 12.3. The molecule has 0 radical (unpaired) electrons. The molecule has 5 heteroatoms. The molecule has 1 atom stereocenters. The van der Waals surface area contributed by atoms with Crippen LogP contribution in [0.25, 0.3) is 0 Å². The number of pyridine rings is 1. The number of halogens is 2. The lowest BCUT2D eigenvalue weighted by Gasteiger charge is -2.17. The number of imidazole rings is 1. The van der Waals surface area contributed by atoms with E-state index in [1.165, 1.54) is 6.07 Å². The second-order valence-electron chi connectivity index (χ2n) is 4.36. The number of H-pyrrole nitrogens is 1. The first-order valence-corrected chi connectivity index (χ1v) is 6.47. The van der Waals surface area contributed by atoms with Crippen LogP contribution in [0, 0.1) is 5.82 Å². The van der Waals surface area contributed by atoms with Gasteiger partial charge >= 0.3 is 0 Å². The van der Waals surface area contributed by atoms with Gasteiger partial charge in [0.2, 0.25) is 0 Å². The lowest BCUT2D eigenvalue weighted by atomic mass is 9.89. The van der Waals surface area contributed by atoms with Gasteiger partial charge in [0, 0.05) is 29.8 Å². The van der Waals surface area contributed by atoms with E-state index in [9.17, 15) is 4.39 Å². The summed E-state index contributed by atoms with van der Waals surface area (Å²) in [6.45, 7) is 0. The number of rotatable bonds is 3. The maximum Gasteiger partial charge on any atom is 0.145 e. The van der Waals surface area contributed by atoms with Crippen molar-refractivity contribution in [1.82, 2.24) is 15.0 Å². The molecule has 0 amide bonds. The van der Waals surface area contributed by atoms with E-state index in [4.69, 9.17) is 11.6 Å². The van der Waals surface area contributed by atoms with E-state index in [1.807, 2.05) is 12.1 Å². The molecule has 2 heterocycles. The van der Waals surface area contributed by atoms with E-state index in [-0.39, 0.29) is 10.9 Å². The van der Waals surface area contributed by atoms with Crippen LogP contribution in [0.2, 0.25) is 5.02 Å². The Hall–Kier alpha value is -2.20. The van der Waals surface area contributed by atoms with Crippen molar-refractivity contribution in [2.24, 2.45) is 0 Å². The maximum absolute atomic E-state index is 14.3. The van der Waals surface area contributed by atoms with Crippen molar-refractivity contribution in [2.45, 2.75) is 5.92 Å². The van der Waals surface area contributed by atoms with E-state index in [0.29, 0.717) is 5.56 Å². The van der Waals surface area contributed by atoms with Crippen molar-refractivity contribution in [3.05, 3.63) is 82.9 Å². The Kier molecular flexibility index (Phi) is 3.48. The molecule has 1 unspecified atom stereocenters. The minimum absolute atomic E-state index is 0.112. The molecule has 1 N–H and O–H groups in total. The zero-order valence-corrected chi connectivity index (χ0v) is 11.2. The number of aromatic nitrogens is 3. The molecule has 3 aromatic rings. The summed E-state index contributed by atoms with van der Waals surface area (Å²) >= 11 is 5.89. The van der Waals surface area contributed by atoms with E-state index in [0.717, 1.165) is 11.3 Å². The second kappa shape index (κ2) is 5.43. The summed E-state index contributed by atoms with van der Waals surface area (Å²) in [5.74, 6) is -0.704. The van der Waals surface area contributed by atoms with Gasteiger partial charge in [-0.15, -0.1) is 0 Å². The van der Waals surface area contributed by atoms with Crippen LogP contribution in [0.15, 0.2) is 55.2 Å². The summed E-state index contributed by atoms with van der Waals surface area (Å²) in [4.78, 5) is 11.1. The molecule has 20 heavy (non-hydrogen) atoms. The minimum atomic E-state index is -0.412. The average molecular weight is 288 g/mol. The first-order chi connectivity index (χ1) is 9.77. The van der Waals surface area contributed by atoms with Gasteiger partial charge in [0.05, 0.1) is 17.3 Å². The molecular formula is C15H11ClFN3. The van der Waals surface area contributed by atoms with Crippen LogP contribution < -0.4 is 0 Å². The number of nitrogens with one attached hydrogen (secondary N) is 1. The van der Waals surface area contributed by atoms with Gasteiger partial charge in [-0.25, -0.2) is 9.37 Å². The maximum atomic E-state index is 14.3. The third-order valence-corrected chi connectivity index (χ3v) is 3.45. The SMILES string of the molecule is Fc1c(Cl)cccc1C(c1ccncc1)c1cnc[nH]1. The van der Waals surface area contributed by atoms with E-state index < -0.39 is 5.82 Å². The van der Waals surface area contributed by atoms with Crippen LogP contribution in [0.1, 0.15) is 22.7 Å². The fourth-order valence-electron chi connectivity index (χ4n) is 2.25. The van der Waals surface area contributed by atoms with Crippen molar-refractivity contribution >= 4 is 11.6 Å². The summed E-state index contributed by atoms with van der Waals surface area (Å²) in [5, 5.41) is 0.112. The van der Waals surface area contributed by atoms with Crippen molar-refractivity contribution in [1.29, 1.82) is 0 Å². The van der Waals surface area contributed by atoms with Gasteiger partial charge < -0.3 is 4.98 Å². The third-order valence-electron chi connectivity index (χ3n) is 3.16. The summed E-state index contributed by atoms with van der Waals surface area (Å²) in [7, 11) is 0. The Bertz CT molecular complexity index is 698. The first kappa shape index (κ1) is 12.8. The molecule has 0 aliphatic heterocycles. The topological polar surface area (TPSA) is 41.6 Å². The average Bonchev–Trinajstić information content (AvgIpc) is 2.99. The molecule has 0 fully saturated rings. The predicted octanol–water partition coefficient (Wildman–Crippen LogP) is 3.78. The molecule has 100 valence electrons.